The van der Waals surface area contributed by atoms with E-state index < -0.39 is 0 Å². The van der Waals surface area contributed by atoms with Crippen molar-refractivity contribution in [2.24, 2.45) is 0 Å². The summed E-state index contributed by atoms with van der Waals surface area (Å²) in [6.07, 6.45) is 21.0. The van der Waals surface area contributed by atoms with Crippen LogP contribution < -0.4 is 12.4 Å². The zero-order valence-corrected chi connectivity index (χ0v) is 13.8. The summed E-state index contributed by atoms with van der Waals surface area (Å²) in [6, 6.07) is 0. The van der Waals surface area contributed by atoms with E-state index in [-0.39, 0.29) is 38.6 Å². The summed E-state index contributed by atoms with van der Waals surface area (Å²) in [7, 11) is 0. The summed E-state index contributed by atoms with van der Waals surface area (Å²) in [5.41, 5.74) is 1.00. The van der Waals surface area contributed by atoms with Gasteiger partial charge in [0.15, 0.2) is 0 Å². The van der Waals surface area contributed by atoms with E-state index in [1.165, 1.54) is 0 Å². The molecule has 0 spiro atoms. The second kappa shape index (κ2) is 18.2. The number of hydrogen-bond acceptors (Lipinski definition) is 0. The molecule has 2 rings (SSSR count). The summed E-state index contributed by atoms with van der Waals surface area (Å²) in [5, 5.41) is 0. The van der Waals surface area contributed by atoms with Crippen LogP contribution in [0.2, 0.25) is 0 Å². The van der Waals surface area contributed by atoms with Crippen LogP contribution >= 0.6 is 0 Å². The molecule has 0 aromatic heterocycles. The Labute approximate surface area is 132 Å². The van der Waals surface area contributed by atoms with Crippen LogP contribution in [0.3, 0.4) is 0 Å². The van der Waals surface area contributed by atoms with Crippen molar-refractivity contribution in [2.45, 2.75) is 33.1 Å². The maximum absolute atomic E-state index is 5.21. The smallest absolute Gasteiger partial charge is 1.00 e. The van der Waals surface area contributed by atoms with Gasteiger partial charge in [-0.25, -0.2) is 24.3 Å². The van der Waals surface area contributed by atoms with Gasteiger partial charge in [-0.15, -0.1) is 12.8 Å². The zero-order valence-electron chi connectivity index (χ0n) is 10.5. The van der Waals surface area contributed by atoms with E-state index in [4.69, 9.17) is 6.58 Å². The van der Waals surface area contributed by atoms with Gasteiger partial charge >= 0.3 is 26.2 Å². The van der Waals surface area contributed by atoms with Gasteiger partial charge in [0.1, 0.15) is 0 Å². The molecule has 17 heavy (non-hydrogen) atoms. The molecule has 0 N–H and O–H groups in total. The fourth-order valence-corrected chi connectivity index (χ4v) is 0.680. The van der Waals surface area contributed by atoms with Gasteiger partial charge in [-0.05, 0) is 0 Å². The van der Waals surface area contributed by atoms with Gasteiger partial charge in [0.05, 0.1) is 0 Å². The van der Waals surface area contributed by atoms with Gasteiger partial charge in [0.2, 0.25) is 0 Å². The van der Waals surface area contributed by atoms with E-state index >= 15 is 0 Å². The van der Waals surface area contributed by atoms with Gasteiger partial charge in [0, 0.05) is 0 Å². The largest absolute Gasteiger partial charge is 4.00 e. The molecule has 0 radical (unpaired) electrons. The van der Waals surface area contributed by atoms with Crippen molar-refractivity contribution in [3.63, 3.8) is 0 Å². The molecule has 0 bridgehead atoms. The maximum atomic E-state index is 5.21. The molecule has 0 nitrogen and oxygen atoms in total. The van der Waals surface area contributed by atoms with Gasteiger partial charge in [-0.1, -0.05) is 20.3 Å². The molecule has 2 aliphatic carbocycles. The Morgan fingerprint density at radius 2 is 1.47 bits per heavy atom. The molecule has 90 valence electrons. The van der Waals surface area contributed by atoms with Crippen molar-refractivity contribution in [3.05, 3.63) is 60.8 Å². The predicted octanol–water partition coefficient (Wildman–Crippen LogP) is 1.39. The quantitative estimate of drug-likeness (QED) is 0.639. The molecule has 0 aromatic carbocycles. The Kier molecular flexibility index (Phi) is 23.7. The van der Waals surface area contributed by atoms with E-state index in [0.29, 0.717) is 0 Å². The van der Waals surface area contributed by atoms with Crippen molar-refractivity contribution in [1.29, 1.82) is 0 Å². The zero-order chi connectivity index (χ0) is 11.4. The standard InChI is InChI=1S/2C5H5.C5H9.ClH.Zr/c2*1-2-4-5-3-1;1-4-5(2)3;;/h2*1-3H,4H2;2H,4H2,1,3H3;1H;/q3*-1;;+4/p-1. The second-order valence-electron chi connectivity index (χ2n) is 3.21. The first-order valence-corrected chi connectivity index (χ1v) is 5.28. The number of hydrogen-bond donors (Lipinski definition) is 0. The topological polar surface area (TPSA) is 0 Å². The van der Waals surface area contributed by atoms with E-state index in [1.54, 1.807) is 0 Å². The molecule has 0 heterocycles. The molecule has 2 heteroatoms. The molecule has 0 fully saturated rings. The summed E-state index contributed by atoms with van der Waals surface area (Å²) < 4.78 is 0. The monoisotopic (exact) mass is 324 g/mol. The third-order valence-corrected chi connectivity index (χ3v) is 1.73. The fourth-order valence-electron chi connectivity index (χ4n) is 0.680. The molecule has 0 aliphatic heterocycles. The van der Waals surface area contributed by atoms with Crippen molar-refractivity contribution in [2.75, 3.05) is 0 Å². The van der Waals surface area contributed by atoms with Crippen LogP contribution in [0.25, 0.3) is 0 Å². The summed E-state index contributed by atoms with van der Waals surface area (Å²) in [5.74, 6) is 0. The van der Waals surface area contributed by atoms with Crippen molar-refractivity contribution in [3.8, 4) is 0 Å². The summed E-state index contributed by atoms with van der Waals surface area (Å²) >= 11 is 0. The van der Waals surface area contributed by atoms with E-state index in [2.05, 4.69) is 24.3 Å². The SMILES string of the molecule is [C-]1=CC=CC1.[C-]1=CC=CC1.[CH-]=C(C)CC.[Cl-].[Zr+4]. The number of halogens is 1. The van der Waals surface area contributed by atoms with E-state index in [1.807, 2.05) is 38.2 Å². The van der Waals surface area contributed by atoms with Gasteiger partial charge < -0.3 is 19.0 Å². The van der Waals surface area contributed by atoms with Crippen LogP contribution in [0.1, 0.15) is 33.1 Å². The molecule has 0 atom stereocenters. The first-order valence-electron chi connectivity index (χ1n) is 5.28. The molecule has 0 saturated carbocycles. The first-order chi connectivity index (χ1) is 7.27. The van der Waals surface area contributed by atoms with Gasteiger partial charge in [0.25, 0.3) is 0 Å². The fraction of sp³-hybridized carbons (Fsp3) is 0.333. The van der Waals surface area contributed by atoms with Gasteiger partial charge in [-0.3, -0.25) is 17.7 Å². The second-order valence-corrected chi connectivity index (χ2v) is 3.21. The third-order valence-electron chi connectivity index (χ3n) is 1.73. The molecule has 2 aliphatic rings. The molecule has 0 aromatic rings. The minimum atomic E-state index is 0. The molecular weight excluding hydrogens is 307 g/mol. The first kappa shape index (κ1) is 22.1. The number of allylic oxidation sites excluding steroid dienone is 9. The Balaban J connectivity index is -0.000000163. The maximum Gasteiger partial charge on any atom is 4.00 e. The average molecular weight is 326 g/mol. The molecule has 0 amide bonds. The van der Waals surface area contributed by atoms with Crippen LogP contribution in [0, 0.1) is 18.7 Å². The Morgan fingerprint density at radius 3 is 1.53 bits per heavy atom. The number of rotatable bonds is 1. The van der Waals surface area contributed by atoms with E-state index in [9.17, 15) is 0 Å². The third kappa shape index (κ3) is 21.7. The van der Waals surface area contributed by atoms with Crippen molar-refractivity contribution < 1.29 is 38.6 Å². The minimum absolute atomic E-state index is 0. The minimum Gasteiger partial charge on any atom is -1.00 e. The Morgan fingerprint density at radius 1 is 1.12 bits per heavy atom. The summed E-state index contributed by atoms with van der Waals surface area (Å²) in [6.45, 7) is 9.16. The van der Waals surface area contributed by atoms with Crippen LogP contribution in [0.5, 0.6) is 0 Å². The Bertz CT molecular complexity index is 231. The van der Waals surface area contributed by atoms with Crippen LogP contribution in [0.15, 0.2) is 42.0 Å². The molecular formula is C15H19ClZr. The predicted molar refractivity (Wildman–Crippen MR) is 66.9 cm³/mol. The molecule has 0 unspecified atom stereocenters. The van der Waals surface area contributed by atoms with Gasteiger partial charge in [-0.2, -0.15) is 12.2 Å². The molecule has 0 saturated heterocycles. The van der Waals surface area contributed by atoms with Crippen molar-refractivity contribution in [1.82, 2.24) is 0 Å². The van der Waals surface area contributed by atoms with Crippen LogP contribution in [-0.4, -0.2) is 0 Å². The van der Waals surface area contributed by atoms with E-state index in [0.717, 1.165) is 24.8 Å². The van der Waals surface area contributed by atoms with Crippen molar-refractivity contribution >= 4 is 0 Å². The average Bonchev–Trinajstić information content (AvgIpc) is 2.96. The normalized spacial score (nSPS) is 12.6. The van der Waals surface area contributed by atoms with Crippen LogP contribution in [-0.2, 0) is 26.2 Å². The Hall–Kier alpha value is -0.127. The van der Waals surface area contributed by atoms with Crippen LogP contribution in [0.4, 0.5) is 0 Å². The summed E-state index contributed by atoms with van der Waals surface area (Å²) in [4.78, 5) is 0.